The molecule has 1 fully saturated rings. The van der Waals surface area contributed by atoms with E-state index < -0.39 is 0 Å². The van der Waals surface area contributed by atoms with Crippen molar-refractivity contribution in [3.63, 3.8) is 0 Å². The summed E-state index contributed by atoms with van der Waals surface area (Å²) in [4.78, 5) is 0. The van der Waals surface area contributed by atoms with Crippen LogP contribution in [0, 0.1) is 11.3 Å². The van der Waals surface area contributed by atoms with E-state index in [-0.39, 0.29) is 0 Å². The first-order valence-corrected chi connectivity index (χ1v) is 6.82. The summed E-state index contributed by atoms with van der Waals surface area (Å²) in [5.41, 5.74) is 0.368. The molecule has 0 radical (unpaired) electrons. The van der Waals surface area contributed by atoms with E-state index in [1.54, 1.807) is 0 Å². The van der Waals surface area contributed by atoms with Gasteiger partial charge in [0.05, 0.1) is 6.10 Å². The lowest BCUT2D eigenvalue weighted by Gasteiger charge is -2.40. The molecule has 1 aliphatic rings. The monoisotopic (exact) mass is 227 g/mol. The van der Waals surface area contributed by atoms with Gasteiger partial charge in [-0.3, -0.25) is 0 Å². The van der Waals surface area contributed by atoms with Gasteiger partial charge in [0, 0.05) is 12.6 Å². The normalized spacial score (nSPS) is 27.6. The van der Waals surface area contributed by atoms with E-state index in [1.807, 2.05) is 0 Å². The van der Waals surface area contributed by atoms with Gasteiger partial charge < -0.3 is 10.1 Å². The molecule has 0 amide bonds. The Morgan fingerprint density at radius 1 is 1.25 bits per heavy atom. The Balaban J connectivity index is 2.29. The lowest BCUT2D eigenvalue weighted by molar-refractivity contribution is -0.0324. The summed E-state index contributed by atoms with van der Waals surface area (Å²) in [5, 5.41) is 3.63. The molecule has 0 aliphatic heterocycles. The maximum absolute atomic E-state index is 5.61. The van der Waals surface area contributed by atoms with Crippen LogP contribution in [-0.4, -0.2) is 25.3 Å². The molecule has 0 aromatic carbocycles. The van der Waals surface area contributed by atoms with Crippen LogP contribution in [0.4, 0.5) is 0 Å². The van der Waals surface area contributed by atoms with Gasteiger partial charge in [-0.25, -0.2) is 0 Å². The standard InChI is InChI=1S/C14H29NO/c1-6-15-13(14(3,4)5)10-11-8-12(9-11)16-7-2/h11-13,15H,6-10H2,1-5H3. The highest BCUT2D eigenvalue weighted by molar-refractivity contribution is 4.88. The Morgan fingerprint density at radius 3 is 2.31 bits per heavy atom. The molecule has 96 valence electrons. The van der Waals surface area contributed by atoms with Crippen molar-refractivity contribution >= 4 is 0 Å². The largest absolute Gasteiger partial charge is 0.378 e. The molecular formula is C14H29NO. The van der Waals surface area contributed by atoms with Crippen molar-refractivity contribution in [2.24, 2.45) is 11.3 Å². The summed E-state index contributed by atoms with van der Waals surface area (Å²) >= 11 is 0. The number of rotatable bonds is 6. The Kier molecular flexibility index (Phi) is 5.26. The predicted octanol–water partition coefficient (Wildman–Crippen LogP) is 3.22. The van der Waals surface area contributed by atoms with Gasteiger partial charge in [-0.1, -0.05) is 27.7 Å². The fourth-order valence-corrected chi connectivity index (χ4v) is 2.56. The van der Waals surface area contributed by atoms with Gasteiger partial charge in [-0.15, -0.1) is 0 Å². The van der Waals surface area contributed by atoms with E-state index in [4.69, 9.17) is 4.74 Å². The average Bonchev–Trinajstić information content (AvgIpc) is 2.11. The first-order valence-electron chi connectivity index (χ1n) is 6.82. The van der Waals surface area contributed by atoms with Gasteiger partial charge in [0.15, 0.2) is 0 Å². The summed E-state index contributed by atoms with van der Waals surface area (Å²) in [5.74, 6) is 0.875. The zero-order chi connectivity index (χ0) is 12.2. The third-order valence-electron chi connectivity index (χ3n) is 3.66. The molecule has 1 saturated carbocycles. The fraction of sp³-hybridized carbons (Fsp3) is 1.00. The minimum absolute atomic E-state index is 0.368. The lowest BCUT2D eigenvalue weighted by atomic mass is 9.73. The number of ether oxygens (including phenoxy) is 1. The number of nitrogens with one attached hydrogen (secondary N) is 1. The van der Waals surface area contributed by atoms with E-state index in [2.05, 4.69) is 39.9 Å². The van der Waals surface area contributed by atoms with E-state index in [9.17, 15) is 0 Å². The third-order valence-corrected chi connectivity index (χ3v) is 3.66. The van der Waals surface area contributed by atoms with Crippen molar-refractivity contribution in [1.82, 2.24) is 5.32 Å². The van der Waals surface area contributed by atoms with Crippen LogP contribution in [0.5, 0.6) is 0 Å². The summed E-state index contributed by atoms with van der Waals surface area (Å²) < 4.78 is 5.61. The number of hydrogen-bond donors (Lipinski definition) is 1. The second kappa shape index (κ2) is 6.02. The van der Waals surface area contributed by atoms with Crippen LogP contribution in [-0.2, 0) is 4.74 Å². The van der Waals surface area contributed by atoms with Gasteiger partial charge in [0.25, 0.3) is 0 Å². The first-order chi connectivity index (χ1) is 7.47. The van der Waals surface area contributed by atoms with Crippen molar-refractivity contribution in [3.8, 4) is 0 Å². The molecule has 16 heavy (non-hydrogen) atoms. The van der Waals surface area contributed by atoms with Gasteiger partial charge in [-0.2, -0.15) is 0 Å². The average molecular weight is 227 g/mol. The molecule has 0 bridgehead atoms. The molecule has 1 unspecified atom stereocenters. The Hall–Kier alpha value is -0.0800. The van der Waals surface area contributed by atoms with Crippen LogP contribution in [0.2, 0.25) is 0 Å². The van der Waals surface area contributed by atoms with E-state index in [1.165, 1.54) is 19.3 Å². The second-order valence-corrected chi connectivity index (χ2v) is 6.13. The van der Waals surface area contributed by atoms with E-state index in [0.29, 0.717) is 17.6 Å². The van der Waals surface area contributed by atoms with E-state index >= 15 is 0 Å². The molecule has 0 saturated heterocycles. The van der Waals surface area contributed by atoms with Crippen LogP contribution >= 0.6 is 0 Å². The minimum atomic E-state index is 0.368. The zero-order valence-electron chi connectivity index (χ0n) is 11.7. The molecule has 0 spiro atoms. The van der Waals surface area contributed by atoms with Gasteiger partial charge >= 0.3 is 0 Å². The smallest absolute Gasteiger partial charge is 0.0580 e. The van der Waals surface area contributed by atoms with Gasteiger partial charge in [0.2, 0.25) is 0 Å². The molecule has 1 atom stereocenters. The van der Waals surface area contributed by atoms with Crippen molar-refractivity contribution in [1.29, 1.82) is 0 Å². The van der Waals surface area contributed by atoms with Crippen LogP contribution in [0.25, 0.3) is 0 Å². The molecule has 1 N–H and O–H groups in total. The molecule has 1 rings (SSSR count). The summed E-state index contributed by atoms with van der Waals surface area (Å²) in [6.45, 7) is 13.2. The molecule has 0 aromatic rings. The molecule has 0 aromatic heterocycles. The Morgan fingerprint density at radius 2 is 1.88 bits per heavy atom. The fourth-order valence-electron chi connectivity index (χ4n) is 2.56. The minimum Gasteiger partial charge on any atom is -0.378 e. The highest BCUT2D eigenvalue weighted by Crippen LogP contribution is 2.36. The van der Waals surface area contributed by atoms with Crippen molar-refractivity contribution in [3.05, 3.63) is 0 Å². The Bertz CT molecular complexity index is 191. The maximum atomic E-state index is 5.61. The summed E-state index contributed by atoms with van der Waals surface area (Å²) in [6.07, 6.45) is 4.40. The summed E-state index contributed by atoms with van der Waals surface area (Å²) in [7, 11) is 0. The molecule has 0 heterocycles. The van der Waals surface area contributed by atoms with Crippen LogP contribution in [0.1, 0.15) is 53.9 Å². The van der Waals surface area contributed by atoms with Crippen molar-refractivity contribution in [2.45, 2.75) is 66.0 Å². The third kappa shape index (κ3) is 4.06. The lowest BCUT2D eigenvalue weighted by Crippen LogP contribution is -2.44. The van der Waals surface area contributed by atoms with Crippen molar-refractivity contribution < 1.29 is 4.74 Å². The zero-order valence-corrected chi connectivity index (χ0v) is 11.7. The van der Waals surface area contributed by atoms with Crippen LogP contribution in [0.15, 0.2) is 0 Å². The first kappa shape index (κ1) is 14.0. The highest BCUT2D eigenvalue weighted by atomic mass is 16.5. The van der Waals surface area contributed by atoms with Crippen LogP contribution < -0.4 is 5.32 Å². The van der Waals surface area contributed by atoms with Gasteiger partial charge in [-0.05, 0) is 44.1 Å². The maximum Gasteiger partial charge on any atom is 0.0580 e. The topological polar surface area (TPSA) is 21.3 Å². The highest BCUT2D eigenvalue weighted by Gasteiger charge is 2.34. The predicted molar refractivity (Wildman–Crippen MR) is 69.7 cm³/mol. The quantitative estimate of drug-likeness (QED) is 0.752. The second-order valence-electron chi connectivity index (χ2n) is 6.13. The molecule has 2 nitrogen and oxygen atoms in total. The molecule has 1 aliphatic carbocycles. The number of hydrogen-bond acceptors (Lipinski definition) is 2. The van der Waals surface area contributed by atoms with Crippen molar-refractivity contribution in [2.75, 3.05) is 13.2 Å². The van der Waals surface area contributed by atoms with Crippen LogP contribution in [0.3, 0.4) is 0 Å². The Labute approximate surface area is 101 Å². The van der Waals surface area contributed by atoms with E-state index in [0.717, 1.165) is 19.1 Å². The van der Waals surface area contributed by atoms with Gasteiger partial charge in [0.1, 0.15) is 0 Å². The SMILES string of the molecule is CCNC(CC1CC(OCC)C1)C(C)(C)C. The molecule has 2 heteroatoms. The summed E-state index contributed by atoms with van der Waals surface area (Å²) in [6, 6.07) is 0.644. The molecular weight excluding hydrogens is 198 g/mol.